The Labute approximate surface area is 135 Å². The molecule has 23 heavy (non-hydrogen) atoms. The Hall–Kier alpha value is -1.76. The van der Waals surface area contributed by atoms with E-state index in [9.17, 15) is 0 Å². The van der Waals surface area contributed by atoms with Crippen LogP contribution in [0.3, 0.4) is 0 Å². The molecule has 0 radical (unpaired) electrons. The standard InChI is InChI=1S/C16H23N5O2/c1-3-13-18-19-15(22-13)10(2)21-8-4-5-12(9-21)14-17-16(23-20-14)11-6-7-11/h10-12H,3-9H2,1-2H3. The fraction of sp³-hybridized carbons (Fsp3) is 0.750. The summed E-state index contributed by atoms with van der Waals surface area (Å²) in [6.07, 6.45) is 5.38. The van der Waals surface area contributed by atoms with Crippen molar-refractivity contribution in [1.82, 2.24) is 25.2 Å². The highest BCUT2D eigenvalue weighted by atomic mass is 16.5. The fourth-order valence-electron chi connectivity index (χ4n) is 3.21. The number of hydrogen-bond donors (Lipinski definition) is 0. The number of piperidine rings is 1. The summed E-state index contributed by atoms with van der Waals surface area (Å²) in [5.74, 6) is 3.94. The molecule has 7 heteroatoms. The predicted octanol–water partition coefficient (Wildman–Crippen LogP) is 2.83. The Morgan fingerprint density at radius 1 is 1.22 bits per heavy atom. The molecule has 2 aliphatic rings. The van der Waals surface area contributed by atoms with Crippen molar-refractivity contribution in [1.29, 1.82) is 0 Å². The van der Waals surface area contributed by atoms with Gasteiger partial charge in [0.25, 0.3) is 0 Å². The third-order valence-electron chi connectivity index (χ3n) is 4.89. The average molecular weight is 317 g/mol. The molecule has 1 saturated carbocycles. The van der Waals surface area contributed by atoms with Gasteiger partial charge in [0.05, 0.1) is 6.04 Å². The molecule has 1 aliphatic heterocycles. The Kier molecular flexibility index (Phi) is 3.88. The zero-order chi connectivity index (χ0) is 15.8. The highest BCUT2D eigenvalue weighted by Crippen LogP contribution is 2.40. The monoisotopic (exact) mass is 317 g/mol. The Morgan fingerprint density at radius 3 is 2.83 bits per heavy atom. The van der Waals surface area contributed by atoms with E-state index in [2.05, 4.69) is 32.2 Å². The summed E-state index contributed by atoms with van der Waals surface area (Å²) in [7, 11) is 0. The molecule has 2 atom stereocenters. The van der Waals surface area contributed by atoms with Crippen LogP contribution in [0.4, 0.5) is 0 Å². The van der Waals surface area contributed by atoms with Crippen LogP contribution in [-0.4, -0.2) is 38.3 Å². The Bertz CT molecular complexity index is 663. The van der Waals surface area contributed by atoms with Gasteiger partial charge in [-0.2, -0.15) is 4.98 Å². The molecule has 0 N–H and O–H groups in total. The van der Waals surface area contributed by atoms with E-state index in [1.54, 1.807) is 0 Å². The van der Waals surface area contributed by atoms with E-state index in [1.165, 1.54) is 12.8 Å². The van der Waals surface area contributed by atoms with Crippen LogP contribution in [0.1, 0.15) is 80.9 Å². The summed E-state index contributed by atoms with van der Waals surface area (Å²) in [6, 6.07) is 0.125. The maximum absolute atomic E-state index is 5.72. The zero-order valence-electron chi connectivity index (χ0n) is 13.7. The molecule has 3 heterocycles. The van der Waals surface area contributed by atoms with E-state index in [1.807, 2.05) is 6.92 Å². The smallest absolute Gasteiger partial charge is 0.233 e. The van der Waals surface area contributed by atoms with Gasteiger partial charge in [-0.15, -0.1) is 10.2 Å². The molecular formula is C16H23N5O2. The first-order valence-electron chi connectivity index (χ1n) is 8.64. The SMILES string of the molecule is CCc1nnc(C(C)N2CCCC(c3noc(C4CC4)n3)C2)o1. The van der Waals surface area contributed by atoms with Gasteiger partial charge >= 0.3 is 0 Å². The first-order valence-corrected chi connectivity index (χ1v) is 8.64. The minimum atomic E-state index is 0.125. The predicted molar refractivity (Wildman–Crippen MR) is 81.9 cm³/mol. The van der Waals surface area contributed by atoms with Crippen LogP contribution >= 0.6 is 0 Å². The lowest BCUT2D eigenvalue weighted by Gasteiger charge is -2.34. The molecule has 2 aromatic rings. The number of aryl methyl sites for hydroxylation is 1. The maximum Gasteiger partial charge on any atom is 0.233 e. The Morgan fingerprint density at radius 2 is 2.09 bits per heavy atom. The molecule has 7 nitrogen and oxygen atoms in total. The number of nitrogens with zero attached hydrogens (tertiary/aromatic N) is 5. The van der Waals surface area contributed by atoms with E-state index < -0.39 is 0 Å². The summed E-state index contributed by atoms with van der Waals surface area (Å²) in [5.41, 5.74) is 0. The highest BCUT2D eigenvalue weighted by Gasteiger charge is 2.33. The summed E-state index contributed by atoms with van der Waals surface area (Å²) in [6.45, 7) is 6.09. The molecule has 1 aliphatic carbocycles. The van der Waals surface area contributed by atoms with Crippen LogP contribution < -0.4 is 0 Å². The minimum Gasteiger partial charge on any atom is -0.424 e. The molecule has 0 bridgehead atoms. The lowest BCUT2D eigenvalue weighted by molar-refractivity contribution is 0.134. The summed E-state index contributed by atoms with van der Waals surface area (Å²) < 4.78 is 11.1. The summed E-state index contributed by atoms with van der Waals surface area (Å²) >= 11 is 0. The Balaban J connectivity index is 1.45. The summed E-state index contributed by atoms with van der Waals surface area (Å²) in [5, 5.41) is 12.5. The van der Waals surface area contributed by atoms with Crippen LogP contribution in [0.2, 0.25) is 0 Å². The van der Waals surface area contributed by atoms with Crippen molar-refractivity contribution in [3.05, 3.63) is 23.5 Å². The topological polar surface area (TPSA) is 81.1 Å². The number of likely N-dealkylation sites (tertiary alicyclic amines) is 1. The van der Waals surface area contributed by atoms with Crippen molar-refractivity contribution < 1.29 is 8.94 Å². The fourth-order valence-corrected chi connectivity index (χ4v) is 3.21. The lowest BCUT2D eigenvalue weighted by atomic mass is 9.96. The van der Waals surface area contributed by atoms with Crippen LogP contribution in [0.15, 0.2) is 8.94 Å². The number of rotatable bonds is 5. The van der Waals surface area contributed by atoms with E-state index in [4.69, 9.17) is 8.94 Å². The van der Waals surface area contributed by atoms with E-state index in [-0.39, 0.29) is 6.04 Å². The zero-order valence-corrected chi connectivity index (χ0v) is 13.7. The second-order valence-electron chi connectivity index (χ2n) is 6.66. The molecule has 4 rings (SSSR count). The van der Waals surface area contributed by atoms with Gasteiger partial charge in [0.2, 0.25) is 17.7 Å². The van der Waals surface area contributed by atoms with E-state index in [0.29, 0.717) is 23.6 Å². The first kappa shape index (κ1) is 14.8. The van der Waals surface area contributed by atoms with Crippen molar-refractivity contribution in [2.24, 2.45) is 0 Å². The largest absolute Gasteiger partial charge is 0.424 e. The second-order valence-corrected chi connectivity index (χ2v) is 6.66. The second kappa shape index (κ2) is 6.03. The normalized spacial score (nSPS) is 24.0. The van der Waals surface area contributed by atoms with Crippen molar-refractivity contribution >= 4 is 0 Å². The van der Waals surface area contributed by atoms with Gasteiger partial charge < -0.3 is 8.94 Å². The van der Waals surface area contributed by atoms with Gasteiger partial charge in [-0.25, -0.2) is 0 Å². The van der Waals surface area contributed by atoms with Gasteiger partial charge in [0, 0.05) is 24.8 Å². The molecule has 0 amide bonds. The molecule has 0 aromatic carbocycles. The minimum absolute atomic E-state index is 0.125. The number of aromatic nitrogens is 4. The molecule has 2 aromatic heterocycles. The quantitative estimate of drug-likeness (QED) is 0.838. The van der Waals surface area contributed by atoms with Crippen LogP contribution in [0.25, 0.3) is 0 Å². The highest BCUT2D eigenvalue weighted by molar-refractivity contribution is 5.06. The molecular weight excluding hydrogens is 294 g/mol. The van der Waals surface area contributed by atoms with Crippen molar-refractivity contribution in [3.8, 4) is 0 Å². The summed E-state index contributed by atoms with van der Waals surface area (Å²) in [4.78, 5) is 7.01. The lowest BCUT2D eigenvalue weighted by Crippen LogP contribution is -2.36. The van der Waals surface area contributed by atoms with Crippen molar-refractivity contribution in [3.63, 3.8) is 0 Å². The third kappa shape index (κ3) is 3.02. The van der Waals surface area contributed by atoms with Gasteiger partial charge in [-0.3, -0.25) is 4.90 Å². The van der Waals surface area contributed by atoms with Crippen LogP contribution in [-0.2, 0) is 6.42 Å². The van der Waals surface area contributed by atoms with Gasteiger partial charge in [-0.05, 0) is 39.2 Å². The van der Waals surface area contributed by atoms with Crippen LogP contribution in [0, 0.1) is 0 Å². The first-order chi connectivity index (χ1) is 11.2. The molecule has 0 spiro atoms. The average Bonchev–Trinajstić information content (AvgIpc) is 3.14. The van der Waals surface area contributed by atoms with E-state index in [0.717, 1.165) is 44.1 Å². The van der Waals surface area contributed by atoms with Crippen molar-refractivity contribution in [2.45, 2.75) is 63.8 Å². The van der Waals surface area contributed by atoms with Crippen molar-refractivity contribution in [2.75, 3.05) is 13.1 Å². The molecule has 1 saturated heterocycles. The number of hydrogen-bond acceptors (Lipinski definition) is 7. The van der Waals surface area contributed by atoms with Gasteiger partial charge in [0.1, 0.15) is 0 Å². The molecule has 2 unspecified atom stereocenters. The maximum atomic E-state index is 5.72. The molecule has 124 valence electrons. The van der Waals surface area contributed by atoms with Gasteiger partial charge in [0.15, 0.2) is 5.82 Å². The van der Waals surface area contributed by atoms with Gasteiger partial charge in [-0.1, -0.05) is 12.1 Å². The molecule has 2 fully saturated rings. The van der Waals surface area contributed by atoms with Crippen LogP contribution in [0.5, 0.6) is 0 Å². The third-order valence-corrected chi connectivity index (χ3v) is 4.89. The van der Waals surface area contributed by atoms with E-state index >= 15 is 0 Å².